The number of amides is 2. The van der Waals surface area contributed by atoms with Crippen molar-refractivity contribution in [1.82, 2.24) is 24.6 Å². The van der Waals surface area contributed by atoms with Crippen molar-refractivity contribution < 1.29 is 41.0 Å². The topological polar surface area (TPSA) is 118 Å². The van der Waals surface area contributed by atoms with Crippen LogP contribution >= 0.6 is 0 Å². The van der Waals surface area contributed by atoms with Crippen molar-refractivity contribution in [2.45, 2.75) is 37.7 Å². The first-order valence-corrected chi connectivity index (χ1v) is 12.7. The third kappa shape index (κ3) is 5.37. The van der Waals surface area contributed by atoms with Crippen molar-refractivity contribution in [1.29, 1.82) is 0 Å². The monoisotopic (exact) mass is 594 g/mol. The highest BCUT2D eigenvalue weighted by Crippen LogP contribution is 2.40. The average Bonchev–Trinajstić information content (AvgIpc) is 3.15. The summed E-state index contributed by atoms with van der Waals surface area (Å²) in [6.07, 6.45) is -8.13. The van der Waals surface area contributed by atoms with Crippen molar-refractivity contribution >= 4 is 17.5 Å². The Morgan fingerprint density at radius 2 is 1.86 bits per heavy atom. The molecule has 4 heterocycles. The first-order valence-electron chi connectivity index (χ1n) is 12.7. The summed E-state index contributed by atoms with van der Waals surface area (Å²) in [5.41, 5.74) is 5.57. The summed E-state index contributed by atoms with van der Waals surface area (Å²) in [6.45, 7) is 3.75. The van der Waals surface area contributed by atoms with Gasteiger partial charge in [0.05, 0.1) is 29.4 Å². The van der Waals surface area contributed by atoms with Gasteiger partial charge >= 0.3 is 12.4 Å². The number of pyridine rings is 1. The van der Waals surface area contributed by atoms with Gasteiger partial charge in [0.2, 0.25) is 5.91 Å². The number of aromatic hydroxyl groups is 1. The zero-order valence-electron chi connectivity index (χ0n) is 21.8. The van der Waals surface area contributed by atoms with Crippen LogP contribution in [0.4, 0.5) is 32.0 Å². The van der Waals surface area contributed by atoms with E-state index in [-0.39, 0.29) is 49.3 Å². The lowest BCUT2D eigenvalue weighted by Gasteiger charge is -2.38. The maximum Gasteiger partial charge on any atom is 0.433 e. The lowest BCUT2D eigenvalue weighted by atomic mass is 9.94. The van der Waals surface area contributed by atoms with Crippen LogP contribution in [-0.2, 0) is 30.2 Å². The van der Waals surface area contributed by atoms with Crippen LogP contribution in [0.15, 0.2) is 43.1 Å². The number of anilines is 1. The lowest BCUT2D eigenvalue weighted by molar-refractivity contribution is -0.141. The molecule has 0 aliphatic carbocycles. The highest BCUT2D eigenvalue weighted by Gasteiger charge is 2.41. The zero-order chi connectivity index (χ0) is 30.6. The van der Waals surface area contributed by atoms with Crippen molar-refractivity contribution in [3.63, 3.8) is 0 Å². The van der Waals surface area contributed by atoms with Gasteiger partial charge in [-0.25, -0.2) is 4.68 Å². The number of halogens is 6. The molecular formula is C27H24F6N6O3. The smallest absolute Gasteiger partial charge is 0.433 e. The Labute approximate surface area is 234 Å². The number of nitrogens with zero attached hydrogens (tertiary/aromatic N) is 5. The summed E-state index contributed by atoms with van der Waals surface area (Å²) in [5.74, 6) is -1.52. The van der Waals surface area contributed by atoms with Gasteiger partial charge in [0.25, 0.3) is 5.91 Å². The molecule has 1 unspecified atom stereocenters. The molecule has 0 saturated heterocycles. The molecule has 9 nitrogen and oxygen atoms in total. The summed E-state index contributed by atoms with van der Waals surface area (Å²) in [7, 11) is 0. The van der Waals surface area contributed by atoms with Gasteiger partial charge in [-0.1, -0.05) is 12.6 Å². The standard InChI is InChI=1S/C27H24F6N6O3/c1-2-23(41)37-7-5-17-24-19(39(36-17)18-4-3-14(9-21(18)40)11-26(28,29)30)6-8-38(20(24)13-37)25(42)15-12-35-22(10-16(15)34)27(31,32)33/h2-4,9-10,12,20,40H,1,5-8,11,13H2,(H2,34,35). The molecule has 0 radical (unpaired) electrons. The summed E-state index contributed by atoms with van der Waals surface area (Å²) >= 11 is 0. The number of hydrogen-bond acceptors (Lipinski definition) is 6. The summed E-state index contributed by atoms with van der Waals surface area (Å²) in [5, 5.41) is 15.3. The molecule has 0 saturated carbocycles. The Morgan fingerprint density at radius 3 is 2.48 bits per heavy atom. The predicted octanol–water partition coefficient (Wildman–Crippen LogP) is 3.99. The number of rotatable bonds is 4. The number of phenolic OH excluding ortho intramolecular Hbond substituents is 1. The van der Waals surface area contributed by atoms with Gasteiger partial charge in [0, 0.05) is 49.9 Å². The number of aromatic nitrogens is 3. The van der Waals surface area contributed by atoms with E-state index in [4.69, 9.17) is 5.73 Å². The molecule has 42 heavy (non-hydrogen) atoms. The van der Waals surface area contributed by atoms with Crippen molar-refractivity contribution in [2.24, 2.45) is 0 Å². The molecule has 222 valence electrons. The Bertz CT molecular complexity index is 1580. The van der Waals surface area contributed by atoms with Crippen LogP contribution in [0.2, 0.25) is 0 Å². The molecule has 0 bridgehead atoms. The second-order valence-corrected chi connectivity index (χ2v) is 9.99. The summed E-state index contributed by atoms with van der Waals surface area (Å²) < 4.78 is 79.4. The van der Waals surface area contributed by atoms with Gasteiger partial charge in [-0.15, -0.1) is 0 Å². The average molecular weight is 595 g/mol. The Morgan fingerprint density at radius 1 is 1.12 bits per heavy atom. The molecule has 2 aromatic heterocycles. The lowest BCUT2D eigenvalue weighted by Crippen LogP contribution is -2.46. The van der Waals surface area contributed by atoms with Crippen LogP contribution in [-0.4, -0.2) is 67.3 Å². The van der Waals surface area contributed by atoms with Crippen LogP contribution in [0.1, 0.15) is 44.6 Å². The van der Waals surface area contributed by atoms with Crippen LogP contribution in [0.5, 0.6) is 5.75 Å². The Balaban J connectivity index is 1.56. The molecule has 0 spiro atoms. The molecule has 2 aliphatic heterocycles. The quantitative estimate of drug-likeness (QED) is 0.349. The fraction of sp³-hybridized carbons (Fsp3) is 0.333. The van der Waals surface area contributed by atoms with E-state index in [1.807, 2.05) is 0 Å². The van der Waals surface area contributed by atoms with E-state index in [1.54, 1.807) is 0 Å². The van der Waals surface area contributed by atoms with Gasteiger partial charge in [0.1, 0.15) is 17.1 Å². The minimum absolute atomic E-state index is 0.00670. The largest absolute Gasteiger partial charge is 0.506 e. The number of carbonyl (C=O) groups is 2. The van der Waals surface area contributed by atoms with Crippen molar-refractivity contribution in [3.05, 3.63) is 76.9 Å². The highest BCUT2D eigenvalue weighted by molar-refractivity contribution is 5.99. The number of carbonyl (C=O) groups excluding carboxylic acids is 2. The number of nitrogens with two attached hydrogens (primary N) is 1. The van der Waals surface area contributed by atoms with Gasteiger partial charge < -0.3 is 20.6 Å². The highest BCUT2D eigenvalue weighted by atomic mass is 19.4. The number of hydrogen-bond donors (Lipinski definition) is 2. The molecule has 2 aliphatic rings. The van der Waals surface area contributed by atoms with Gasteiger partial charge in [-0.05, 0) is 29.8 Å². The SMILES string of the molecule is C=CC(=O)N1CCc2nn(-c3ccc(CC(F)(F)F)cc3O)c3c2C(C1)N(C(=O)c1cnc(C(F)(F)F)cc1N)CC3. The van der Waals surface area contributed by atoms with E-state index >= 15 is 0 Å². The molecule has 1 atom stereocenters. The maximum absolute atomic E-state index is 13.7. The van der Waals surface area contributed by atoms with E-state index in [0.717, 1.165) is 18.3 Å². The number of nitrogen functional groups attached to an aromatic ring is 1. The Hall–Kier alpha value is -4.56. The van der Waals surface area contributed by atoms with Gasteiger partial charge in [-0.3, -0.25) is 14.6 Å². The minimum atomic E-state index is -4.76. The number of phenols is 1. The number of alkyl halides is 6. The minimum Gasteiger partial charge on any atom is -0.506 e. The first kappa shape index (κ1) is 29.0. The molecule has 5 rings (SSSR count). The van der Waals surface area contributed by atoms with Gasteiger partial charge in [0.15, 0.2) is 0 Å². The van der Waals surface area contributed by atoms with E-state index in [1.165, 1.54) is 26.6 Å². The van der Waals surface area contributed by atoms with Crippen LogP contribution in [0, 0.1) is 0 Å². The Kier molecular flexibility index (Phi) is 7.15. The fourth-order valence-electron chi connectivity index (χ4n) is 5.41. The summed E-state index contributed by atoms with van der Waals surface area (Å²) in [6, 6.07) is 3.36. The van der Waals surface area contributed by atoms with E-state index in [2.05, 4.69) is 16.7 Å². The maximum atomic E-state index is 13.7. The van der Waals surface area contributed by atoms with Crippen LogP contribution < -0.4 is 5.73 Å². The molecule has 2 amide bonds. The second kappa shape index (κ2) is 10.4. The van der Waals surface area contributed by atoms with Crippen molar-refractivity contribution in [2.75, 3.05) is 25.4 Å². The molecule has 1 aromatic carbocycles. The summed E-state index contributed by atoms with van der Waals surface area (Å²) in [4.78, 5) is 32.5. The predicted molar refractivity (Wildman–Crippen MR) is 137 cm³/mol. The molecule has 15 heteroatoms. The normalized spacial score (nSPS) is 17.0. The van der Waals surface area contributed by atoms with Crippen LogP contribution in [0.25, 0.3) is 5.69 Å². The van der Waals surface area contributed by atoms with Crippen molar-refractivity contribution in [3.8, 4) is 11.4 Å². The second-order valence-electron chi connectivity index (χ2n) is 9.99. The zero-order valence-corrected chi connectivity index (χ0v) is 21.8. The van der Waals surface area contributed by atoms with E-state index in [9.17, 15) is 41.0 Å². The van der Waals surface area contributed by atoms with Gasteiger partial charge in [-0.2, -0.15) is 31.4 Å². The molecule has 0 fully saturated rings. The fourth-order valence-corrected chi connectivity index (χ4v) is 5.41. The first-order chi connectivity index (χ1) is 19.7. The van der Waals surface area contributed by atoms with E-state index < -0.39 is 53.8 Å². The molecule has 3 aromatic rings. The van der Waals surface area contributed by atoms with Crippen LogP contribution in [0.3, 0.4) is 0 Å². The molecule has 3 N–H and O–H groups in total. The number of benzene rings is 1. The third-order valence-corrected chi connectivity index (χ3v) is 7.29. The molecular weight excluding hydrogens is 570 g/mol. The van der Waals surface area contributed by atoms with E-state index in [0.29, 0.717) is 23.0 Å². The third-order valence-electron chi connectivity index (χ3n) is 7.29.